The number of hydrogen-bond donors (Lipinski definition) is 1. The molecule has 1 N–H and O–H groups in total. The molecule has 0 saturated carbocycles. The minimum Gasteiger partial charge on any atom is -0.491 e. The van der Waals surface area contributed by atoms with Gasteiger partial charge >= 0.3 is 0 Å². The molecule has 1 aliphatic heterocycles. The number of nitrogens with one attached hydrogen (secondary N) is 1. The zero-order valence-corrected chi connectivity index (χ0v) is 14.3. The van der Waals surface area contributed by atoms with Gasteiger partial charge in [0.05, 0.1) is 12.0 Å². The van der Waals surface area contributed by atoms with Crippen LogP contribution in [0.4, 0.5) is 5.69 Å². The van der Waals surface area contributed by atoms with Crippen LogP contribution in [-0.4, -0.2) is 30.5 Å². The quantitative estimate of drug-likeness (QED) is 0.877. The van der Waals surface area contributed by atoms with Crippen LogP contribution in [-0.2, 0) is 9.59 Å². The summed E-state index contributed by atoms with van der Waals surface area (Å²) in [6.07, 6.45) is 1.27. The van der Waals surface area contributed by atoms with Crippen LogP contribution in [0.1, 0.15) is 40.5 Å². The first-order valence-corrected chi connectivity index (χ1v) is 8.28. The van der Waals surface area contributed by atoms with E-state index >= 15 is 0 Å². The molecule has 0 bridgehead atoms. The van der Waals surface area contributed by atoms with Crippen molar-refractivity contribution in [1.82, 2.24) is 5.32 Å². The third-order valence-corrected chi connectivity index (χ3v) is 4.02. The van der Waals surface area contributed by atoms with Gasteiger partial charge in [0.2, 0.25) is 11.8 Å². The van der Waals surface area contributed by atoms with E-state index in [0.717, 1.165) is 17.9 Å². The summed E-state index contributed by atoms with van der Waals surface area (Å²) in [5.74, 6) is 0.464. The lowest BCUT2D eigenvalue weighted by molar-refractivity contribution is -0.126. The van der Waals surface area contributed by atoms with Crippen LogP contribution >= 0.6 is 0 Å². The van der Waals surface area contributed by atoms with Crippen molar-refractivity contribution in [3.63, 3.8) is 0 Å². The van der Waals surface area contributed by atoms with Gasteiger partial charge in [-0.15, -0.1) is 0 Å². The second kappa shape index (κ2) is 7.49. The second-order valence-corrected chi connectivity index (χ2v) is 6.38. The van der Waals surface area contributed by atoms with Crippen LogP contribution in [0.15, 0.2) is 24.3 Å². The van der Waals surface area contributed by atoms with Gasteiger partial charge in [-0.2, -0.15) is 0 Å². The van der Waals surface area contributed by atoms with Crippen molar-refractivity contribution in [2.75, 3.05) is 11.4 Å². The van der Waals surface area contributed by atoms with Crippen molar-refractivity contribution >= 4 is 17.5 Å². The molecular weight excluding hydrogens is 292 g/mol. The molecule has 0 aromatic heterocycles. The minimum atomic E-state index is -0.275. The number of anilines is 1. The van der Waals surface area contributed by atoms with E-state index in [-0.39, 0.29) is 36.3 Å². The Morgan fingerprint density at radius 2 is 1.96 bits per heavy atom. The molecule has 1 aromatic carbocycles. The van der Waals surface area contributed by atoms with Crippen molar-refractivity contribution in [1.29, 1.82) is 0 Å². The molecule has 1 saturated heterocycles. The van der Waals surface area contributed by atoms with Crippen molar-refractivity contribution in [3.8, 4) is 5.75 Å². The van der Waals surface area contributed by atoms with Crippen LogP contribution < -0.4 is 15.0 Å². The lowest BCUT2D eigenvalue weighted by Gasteiger charge is -2.18. The summed E-state index contributed by atoms with van der Waals surface area (Å²) in [5, 5.41) is 2.96. The summed E-state index contributed by atoms with van der Waals surface area (Å²) >= 11 is 0. The van der Waals surface area contributed by atoms with Crippen LogP contribution in [0.2, 0.25) is 0 Å². The van der Waals surface area contributed by atoms with E-state index in [1.807, 2.05) is 52.0 Å². The highest BCUT2D eigenvalue weighted by molar-refractivity contribution is 6.00. The number of benzene rings is 1. The molecule has 0 spiro atoms. The summed E-state index contributed by atoms with van der Waals surface area (Å²) in [5.41, 5.74) is 0.810. The molecule has 2 rings (SSSR count). The first-order valence-electron chi connectivity index (χ1n) is 8.28. The van der Waals surface area contributed by atoms with Crippen molar-refractivity contribution in [2.24, 2.45) is 5.92 Å². The summed E-state index contributed by atoms with van der Waals surface area (Å²) in [6, 6.07) is 7.58. The largest absolute Gasteiger partial charge is 0.491 e. The normalized spacial score (nSPS) is 19.1. The molecule has 2 atom stereocenters. The number of hydrogen-bond acceptors (Lipinski definition) is 3. The Hall–Kier alpha value is -2.04. The molecule has 5 nitrogen and oxygen atoms in total. The van der Waals surface area contributed by atoms with E-state index in [2.05, 4.69) is 5.32 Å². The van der Waals surface area contributed by atoms with Gasteiger partial charge in [0.15, 0.2) is 0 Å². The fourth-order valence-electron chi connectivity index (χ4n) is 2.57. The van der Waals surface area contributed by atoms with Crippen molar-refractivity contribution in [2.45, 2.75) is 52.7 Å². The van der Waals surface area contributed by atoms with Crippen molar-refractivity contribution in [3.05, 3.63) is 24.3 Å². The fourth-order valence-corrected chi connectivity index (χ4v) is 2.57. The molecular formula is C18H26N2O3. The van der Waals surface area contributed by atoms with Gasteiger partial charge in [0.25, 0.3) is 0 Å². The Morgan fingerprint density at radius 1 is 1.30 bits per heavy atom. The van der Waals surface area contributed by atoms with E-state index < -0.39 is 0 Å². The Kier molecular flexibility index (Phi) is 5.64. The zero-order chi connectivity index (χ0) is 17.0. The third kappa shape index (κ3) is 4.47. The first kappa shape index (κ1) is 17.3. The highest BCUT2D eigenvalue weighted by Crippen LogP contribution is 2.27. The molecule has 23 heavy (non-hydrogen) atoms. The highest BCUT2D eigenvalue weighted by Gasteiger charge is 2.35. The van der Waals surface area contributed by atoms with Gasteiger partial charge in [0.1, 0.15) is 5.75 Å². The molecule has 126 valence electrons. The topological polar surface area (TPSA) is 58.6 Å². The molecule has 1 heterocycles. The zero-order valence-electron chi connectivity index (χ0n) is 14.3. The molecule has 1 aromatic rings. The average molecular weight is 318 g/mol. The van der Waals surface area contributed by atoms with Crippen LogP contribution in [0.25, 0.3) is 0 Å². The van der Waals surface area contributed by atoms with Crippen LogP contribution in [0.3, 0.4) is 0 Å². The Labute approximate surface area is 138 Å². The summed E-state index contributed by atoms with van der Waals surface area (Å²) in [6.45, 7) is 8.38. The fraction of sp³-hybridized carbons (Fsp3) is 0.556. The third-order valence-electron chi connectivity index (χ3n) is 4.02. The van der Waals surface area contributed by atoms with E-state index in [4.69, 9.17) is 4.74 Å². The summed E-state index contributed by atoms with van der Waals surface area (Å²) in [4.78, 5) is 26.1. The lowest BCUT2D eigenvalue weighted by Crippen LogP contribution is -2.38. The molecule has 0 radical (unpaired) electrons. The number of amides is 2. The van der Waals surface area contributed by atoms with Gasteiger partial charge in [-0.05, 0) is 51.5 Å². The minimum absolute atomic E-state index is 0.00757. The average Bonchev–Trinajstić information content (AvgIpc) is 2.89. The Bertz CT molecular complexity index is 554. The molecule has 0 unspecified atom stereocenters. The first-order chi connectivity index (χ1) is 10.9. The SMILES string of the molecule is CC[C@@H](C)NC(=O)[C@@H]1CC(=O)N(c2ccc(OC(C)C)cc2)C1. The van der Waals surface area contributed by atoms with E-state index in [1.54, 1.807) is 4.90 Å². The van der Waals surface area contributed by atoms with Crippen molar-refractivity contribution < 1.29 is 14.3 Å². The van der Waals surface area contributed by atoms with E-state index in [0.29, 0.717) is 6.54 Å². The number of carbonyl (C=O) groups excluding carboxylic acids is 2. The second-order valence-electron chi connectivity index (χ2n) is 6.38. The smallest absolute Gasteiger partial charge is 0.227 e. The van der Waals surface area contributed by atoms with Gasteiger partial charge < -0.3 is 15.0 Å². The van der Waals surface area contributed by atoms with Gasteiger partial charge in [-0.1, -0.05) is 6.92 Å². The van der Waals surface area contributed by atoms with Gasteiger partial charge in [0, 0.05) is 24.7 Å². The van der Waals surface area contributed by atoms with Crippen LogP contribution in [0, 0.1) is 5.92 Å². The predicted octanol–water partition coefficient (Wildman–Crippen LogP) is 2.74. The molecule has 2 amide bonds. The van der Waals surface area contributed by atoms with E-state index in [9.17, 15) is 9.59 Å². The lowest BCUT2D eigenvalue weighted by atomic mass is 10.1. The standard InChI is InChI=1S/C18H26N2O3/c1-5-13(4)19-18(22)14-10-17(21)20(11-14)15-6-8-16(9-7-15)23-12(2)3/h6-9,12-14H,5,10-11H2,1-4H3,(H,19,22)/t13-,14-/m1/s1. The van der Waals surface area contributed by atoms with Crippen LogP contribution in [0.5, 0.6) is 5.75 Å². The number of nitrogens with zero attached hydrogens (tertiary/aromatic N) is 1. The van der Waals surface area contributed by atoms with E-state index in [1.165, 1.54) is 0 Å². The van der Waals surface area contributed by atoms with Gasteiger partial charge in [-0.3, -0.25) is 9.59 Å². The molecule has 5 heteroatoms. The number of rotatable bonds is 6. The van der Waals surface area contributed by atoms with Gasteiger partial charge in [-0.25, -0.2) is 0 Å². The maximum atomic E-state index is 12.2. The molecule has 1 fully saturated rings. The Balaban J connectivity index is 2.01. The molecule has 1 aliphatic rings. The highest BCUT2D eigenvalue weighted by atomic mass is 16.5. The maximum absolute atomic E-state index is 12.2. The molecule has 0 aliphatic carbocycles. The Morgan fingerprint density at radius 3 is 2.52 bits per heavy atom. The monoisotopic (exact) mass is 318 g/mol. The number of ether oxygens (including phenoxy) is 1. The maximum Gasteiger partial charge on any atom is 0.227 e. The summed E-state index contributed by atoms with van der Waals surface area (Å²) < 4.78 is 5.61. The predicted molar refractivity (Wildman–Crippen MR) is 90.6 cm³/mol. The summed E-state index contributed by atoms with van der Waals surface area (Å²) in [7, 11) is 0. The number of carbonyl (C=O) groups is 2.